The van der Waals surface area contributed by atoms with Gasteiger partial charge in [-0.05, 0) is 53.0 Å². The second-order valence-corrected chi connectivity index (χ2v) is 6.11. The van der Waals surface area contributed by atoms with E-state index in [4.69, 9.17) is 14.6 Å². The maximum Gasteiger partial charge on any atom is 0.407 e. The predicted octanol–water partition coefficient (Wildman–Crippen LogP) is 1.67. The van der Waals surface area contributed by atoms with Crippen LogP contribution in [-0.4, -0.2) is 56.3 Å². The average Bonchev–Trinajstić information content (AvgIpc) is 2.37. The minimum absolute atomic E-state index is 0.233. The van der Waals surface area contributed by atoms with Crippen LogP contribution in [0.4, 0.5) is 4.79 Å². The summed E-state index contributed by atoms with van der Waals surface area (Å²) in [6, 6.07) is 0.272. The monoisotopic (exact) mass is 304 g/mol. The van der Waals surface area contributed by atoms with Gasteiger partial charge in [-0.3, -0.25) is 0 Å². The molecule has 1 amide bonds. The molecule has 6 nitrogen and oxygen atoms in total. The van der Waals surface area contributed by atoms with Gasteiger partial charge in [-0.15, -0.1) is 0 Å². The molecule has 0 saturated heterocycles. The van der Waals surface area contributed by atoms with Crippen LogP contribution in [0.15, 0.2) is 0 Å². The van der Waals surface area contributed by atoms with Crippen molar-refractivity contribution in [2.75, 3.05) is 33.4 Å². The number of nitrogens with one attached hydrogen (secondary N) is 2. The summed E-state index contributed by atoms with van der Waals surface area (Å²) in [4.78, 5) is 11.5. The van der Waals surface area contributed by atoms with E-state index in [0.29, 0.717) is 13.2 Å². The highest BCUT2D eigenvalue weighted by Crippen LogP contribution is 2.06. The second-order valence-electron chi connectivity index (χ2n) is 6.11. The Morgan fingerprint density at radius 1 is 1.19 bits per heavy atom. The van der Waals surface area contributed by atoms with Gasteiger partial charge in [0.05, 0.1) is 6.61 Å². The Morgan fingerprint density at radius 3 is 2.48 bits per heavy atom. The molecule has 6 heteroatoms. The molecule has 0 rings (SSSR count). The van der Waals surface area contributed by atoms with E-state index in [2.05, 4.69) is 10.6 Å². The van der Waals surface area contributed by atoms with Crippen LogP contribution in [-0.2, 0) is 9.47 Å². The number of carbonyl (C=O) groups is 1. The zero-order valence-electron chi connectivity index (χ0n) is 13.9. The van der Waals surface area contributed by atoms with Crippen LogP contribution in [0, 0.1) is 0 Å². The van der Waals surface area contributed by atoms with E-state index in [1.165, 1.54) is 0 Å². The molecule has 0 aromatic heterocycles. The Bertz CT molecular complexity index is 267. The topological polar surface area (TPSA) is 79.8 Å². The van der Waals surface area contributed by atoms with Gasteiger partial charge in [0.1, 0.15) is 5.60 Å². The molecule has 0 aliphatic rings. The molecular weight excluding hydrogens is 272 g/mol. The largest absolute Gasteiger partial charge is 0.444 e. The summed E-state index contributed by atoms with van der Waals surface area (Å²) in [5, 5.41) is 14.9. The third kappa shape index (κ3) is 13.9. The van der Waals surface area contributed by atoms with Crippen molar-refractivity contribution in [3.05, 3.63) is 0 Å². The quantitative estimate of drug-likeness (QED) is 0.506. The number of alkyl carbamates (subject to hydrolysis) is 1. The Morgan fingerprint density at radius 2 is 1.90 bits per heavy atom. The SMILES string of the molecule is COCC(CCCNC(=O)OC(C)(C)C)NCCCCO. The summed E-state index contributed by atoms with van der Waals surface area (Å²) >= 11 is 0. The van der Waals surface area contributed by atoms with Crippen LogP contribution in [0.1, 0.15) is 46.5 Å². The van der Waals surface area contributed by atoms with E-state index in [1.54, 1.807) is 7.11 Å². The van der Waals surface area contributed by atoms with Crippen molar-refractivity contribution in [2.45, 2.75) is 58.1 Å². The van der Waals surface area contributed by atoms with E-state index >= 15 is 0 Å². The first kappa shape index (κ1) is 20.1. The number of hydrogen-bond donors (Lipinski definition) is 3. The number of rotatable bonds is 11. The summed E-state index contributed by atoms with van der Waals surface area (Å²) in [7, 11) is 1.68. The highest BCUT2D eigenvalue weighted by Gasteiger charge is 2.15. The van der Waals surface area contributed by atoms with Gasteiger partial charge < -0.3 is 25.2 Å². The van der Waals surface area contributed by atoms with E-state index in [1.807, 2.05) is 20.8 Å². The van der Waals surface area contributed by atoms with E-state index < -0.39 is 5.60 Å². The third-order valence-electron chi connectivity index (χ3n) is 2.78. The molecule has 0 aliphatic heterocycles. The summed E-state index contributed by atoms with van der Waals surface area (Å²) < 4.78 is 10.4. The molecule has 0 fully saturated rings. The number of unbranched alkanes of at least 4 members (excludes halogenated alkanes) is 1. The molecule has 0 heterocycles. The molecule has 3 N–H and O–H groups in total. The second kappa shape index (κ2) is 11.8. The van der Waals surface area contributed by atoms with Crippen LogP contribution in [0.2, 0.25) is 0 Å². The zero-order valence-corrected chi connectivity index (χ0v) is 13.9. The van der Waals surface area contributed by atoms with Crippen molar-refractivity contribution < 1.29 is 19.4 Å². The third-order valence-corrected chi connectivity index (χ3v) is 2.78. The van der Waals surface area contributed by atoms with Crippen molar-refractivity contribution in [1.29, 1.82) is 0 Å². The molecule has 0 aromatic rings. The van der Waals surface area contributed by atoms with Crippen LogP contribution in [0.3, 0.4) is 0 Å². The number of aliphatic hydroxyl groups excluding tert-OH is 1. The molecule has 0 bridgehead atoms. The van der Waals surface area contributed by atoms with E-state index in [0.717, 1.165) is 32.2 Å². The summed E-state index contributed by atoms with van der Waals surface area (Å²) in [6.45, 7) is 7.87. The Kier molecular flexibility index (Phi) is 11.3. The van der Waals surface area contributed by atoms with E-state index in [9.17, 15) is 4.79 Å². The number of methoxy groups -OCH3 is 1. The normalized spacial score (nSPS) is 13.0. The molecule has 0 radical (unpaired) electrons. The number of aliphatic hydroxyl groups is 1. The van der Waals surface area contributed by atoms with Gasteiger partial charge in [-0.1, -0.05) is 0 Å². The maximum absolute atomic E-state index is 11.5. The minimum Gasteiger partial charge on any atom is -0.444 e. The number of amides is 1. The van der Waals surface area contributed by atoms with Crippen LogP contribution < -0.4 is 10.6 Å². The van der Waals surface area contributed by atoms with Gasteiger partial charge >= 0.3 is 6.09 Å². The van der Waals surface area contributed by atoms with Crippen molar-refractivity contribution >= 4 is 6.09 Å². The maximum atomic E-state index is 11.5. The molecule has 1 atom stereocenters. The van der Waals surface area contributed by atoms with Crippen molar-refractivity contribution in [3.8, 4) is 0 Å². The number of ether oxygens (including phenoxy) is 2. The standard InChI is InChI=1S/C15H32N2O4/c1-15(2,3)21-14(19)17-10-7-8-13(12-20-4)16-9-5-6-11-18/h13,16,18H,5-12H2,1-4H3,(H,17,19). The lowest BCUT2D eigenvalue weighted by atomic mass is 10.1. The first-order valence-electron chi connectivity index (χ1n) is 7.69. The fraction of sp³-hybridized carbons (Fsp3) is 0.933. The minimum atomic E-state index is -0.461. The van der Waals surface area contributed by atoms with Crippen LogP contribution in [0.5, 0.6) is 0 Å². The summed E-state index contributed by atoms with van der Waals surface area (Å²) in [5.74, 6) is 0. The molecular formula is C15H32N2O4. The first-order chi connectivity index (χ1) is 9.89. The van der Waals surface area contributed by atoms with Gasteiger partial charge in [0, 0.05) is 26.3 Å². The number of carbonyl (C=O) groups excluding carboxylic acids is 1. The fourth-order valence-corrected chi connectivity index (χ4v) is 1.84. The van der Waals surface area contributed by atoms with Crippen molar-refractivity contribution in [2.24, 2.45) is 0 Å². The number of hydrogen-bond acceptors (Lipinski definition) is 5. The van der Waals surface area contributed by atoms with Gasteiger partial charge in [0.2, 0.25) is 0 Å². The molecule has 0 aromatic carbocycles. The molecule has 0 spiro atoms. The summed E-state index contributed by atoms with van der Waals surface area (Å²) in [6.07, 6.45) is 3.17. The first-order valence-corrected chi connectivity index (χ1v) is 7.69. The fourth-order valence-electron chi connectivity index (χ4n) is 1.84. The molecule has 126 valence electrons. The molecule has 0 saturated carbocycles. The Hall–Kier alpha value is -0.850. The predicted molar refractivity (Wildman–Crippen MR) is 83.5 cm³/mol. The van der Waals surface area contributed by atoms with Gasteiger partial charge in [-0.2, -0.15) is 0 Å². The Balaban J connectivity index is 3.75. The zero-order chi connectivity index (χ0) is 16.1. The molecule has 1 unspecified atom stereocenters. The van der Waals surface area contributed by atoms with E-state index in [-0.39, 0.29) is 18.7 Å². The highest BCUT2D eigenvalue weighted by atomic mass is 16.6. The van der Waals surface area contributed by atoms with Crippen molar-refractivity contribution in [3.63, 3.8) is 0 Å². The lowest BCUT2D eigenvalue weighted by molar-refractivity contribution is 0.0526. The smallest absolute Gasteiger partial charge is 0.407 e. The highest BCUT2D eigenvalue weighted by molar-refractivity contribution is 5.67. The van der Waals surface area contributed by atoms with Gasteiger partial charge in [-0.25, -0.2) is 4.79 Å². The van der Waals surface area contributed by atoms with Gasteiger partial charge in [0.25, 0.3) is 0 Å². The molecule has 21 heavy (non-hydrogen) atoms. The van der Waals surface area contributed by atoms with Crippen LogP contribution in [0.25, 0.3) is 0 Å². The lowest BCUT2D eigenvalue weighted by Crippen LogP contribution is -2.36. The lowest BCUT2D eigenvalue weighted by Gasteiger charge is -2.20. The van der Waals surface area contributed by atoms with Crippen molar-refractivity contribution in [1.82, 2.24) is 10.6 Å². The van der Waals surface area contributed by atoms with Gasteiger partial charge in [0.15, 0.2) is 0 Å². The summed E-state index contributed by atoms with van der Waals surface area (Å²) in [5.41, 5.74) is -0.461. The van der Waals surface area contributed by atoms with Crippen LogP contribution >= 0.6 is 0 Å². The average molecular weight is 304 g/mol. The Labute approximate surface area is 128 Å². The molecule has 0 aliphatic carbocycles.